The zero-order valence-electron chi connectivity index (χ0n) is 9.02. The summed E-state index contributed by atoms with van der Waals surface area (Å²) in [5, 5.41) is 11.9. The molecule has 1 aromatic heterocycles. The van der Waals surface area contributed by atoms with E-state index in [0.29, 0.717) is 6.42 Å². The molecular weight excluding hydrogens is 194 g/mol. The Morgan fingerprint density at radius 3 is 3.07 bits per heavy atom. The van der Waals surface area contributed by atoms with Gasteiger partial charge in [0.15, 0.2) is 5.82 Å². The minimum absolute atomic E-state index is 0.223. The van der Waals surface area contributed by atoms with Crippen LogP contribution in [0.2, 0.25) is 0 Å². The van der Waals surface area contributed by atoms with Crippen molar-refractivity contribution in [3.05, 3.63) is 5.82 Å². The van der Waals surface area contributed by atoms with E-state index in [9.17, 15) is 0 Å². The highest BCUT2D eigenvalue weighted by Gasteiger charge is 2.28. The first-order valence-corrected chi connectivity index (χ1v) is 5.27. The number of hydrogen-bond acceptors (Lipinski definition) is 5. The molecule has 1 aliphatic rings. The number of rotatable bonds is 2. The smallest absolute Gasteiger partial charge is 0.176 e. The van der Waals surface area contributed by atoms with Gasteiger partial charge in [-0.15, -0.1) is 10.2 Å². The minimum atomic E-state index is -0.223. The zero-order chi connectivity index (χ0) is 10.7. The van der Waals surface area contributed by atoms with Crippen molar-refractivity contribution in [2.45, 2.75) is 31.2 Å². The lowest BCUT2D eigenvalue weighted by atomic mass is 9.88. The first-order chi connectivity index (χ1) is 7.18. The summed E-state index contributed by atoms with van der Waals surface area (Å²) in [6.07, 6.45) is 3.53. The number of nitrogens with zero attached hydrogens (tertiary/aromatic N) is 4. The zero-order valence-corrected chi connectivity index (χ0v) is 9.02. The average molecular weight is 211 g/mol. The van der Waals surface area contributed by atoms with Crippen LogP contribution >= 0.6 is 0 Å². The second-order valence-electron chi connectivity index (χ2n) is 4.20. The molecule has 0 aliphatic carbocycles. The molecule has 15 heavy (non-hydrogen) atoms. The van der Waals surface area contributed by atoms with Crippen LogP contribution in [-0.2, 0) is 18.2 Å². The first kappa shape index (κ1) is 10.5. The summed E-state index contributed by atoms with van der Waals surface area (Å²) in [7, 11) is 1.76. The van der Waals surface area contributed by atoms with Gasteiger partial charge in [0.2, 0.25) is 0 Å². The molecule has 1 atom stereocenters. The van der Waals surface area contributed by atoms with Gasteiger partial charge in [0, 0.05) is 25.2 Å². The van der Waals surface area contributed by atoms with Crippen LogP contribution < -0.4 is 5.73 Å². The Kier molecular flexibility index (Phi) is 2.97. The van der Waals surface area contributed by atoms with E-state index in [2.05, 4.69) is 15.4 Å². The molecule has 6 heteroatoms. The molecular formula is C9H17N5O. The van der Waals surface area contributed by atoms with Crippen LogP contribution in [0.25, 0.3) is 0 Å². The predicted molar refractivity (Wildman–Crippen MR) is 54.1 cm³/mol. The highest BCUT2D eigenvalue weighted by Crippen LogP contribution is 2.21. The molecule has 1 saturated heterocycles. The van der Waals surface area contributed by atoms with Crippen LogP contribution in [0.1, 0.15) is 25.1 Å². The molecule has 84 valence electrons. The lowest BCUT2D eigenvalue weighted by molar-refractivity contribution is 0.139. The maximum atomic E-state index is 6.30. The van der Waals surface area contributed by atoms with Crippen molar-refractivity contribution in [3.8, 4) is 0 Å². The third-order valence-electron chi connectivity index (χ3n) is 2.77. The molecule has 0 spiro atoms. The fourth-order valence-corrected chi connectivity index (χ4v) is 1.91. The van der Waals surface area contributed by atoms with Crippen LogP contribution in [0.5, 0.6) is 0 Å². The van der Waals surface area contributed by atoms with Crippen LogP contribution in [0.15, 0.2) is 0 Å². The van der Waals surface area contributed by atoms with Gasteiger partial charge in [-0.3, -0.25) is 0 Å². The van der Waals surface area contributed by atoms with Gasteiger partial charge >= 0.3 is 0 Å². The number of hydrogen-bond donors (Lipinski definition) is 1. The molecule has 1 aliphatic heterocycles. The van der Waals surface area contributed by atoms with Crippen molar-refractivity contribution >= 4 is 0 Å². The molecule has 2 rings (SSSR count). The molecule has 0 saturated carbocycles. The molecule has 0 bridgehead atoms. The standard InChI is InChI=1S/C9H17N5O/c1-14-12-8(11-13-14)7-9(10)3-2-5-15-6-4-9/h2-7,10H2,1H3. The molecule has 1 fully saturated rings. The summed E-state index contributed by atoms with van der Waals surface area (Å²) in [6.45, 7) is 1.55. The predicted octanol–water partition coefficient (Wildman–Crippen LogP) is -0.349. The Hall–Kier alpha value is -1.01. The van der Waals surface area contributed by atoms with E-state index < -0.39 is 0 Å². The Labute approximate surface area is 88.8 Å². The second-order valence-corrected chi connectivity index (χ2v) is 4.20. The molecule has 0 radical (unpaired) electrons. The van der Waals surface area contributed by atoms with Crippen molar-refractivity contribution in [1.82, 2.24) is 20.2 Å². The quantitative estimate of drug-likeness (QED) is 0.723. The average Bonchev–Trinajstić information content (AvgIpc) is 2.46. The van der Waals surface area contributed by atoms with E-state index in [-0.39, 0.29) is 5.54 Å². The van der Waals surface area contributed by atoms with Crippen LogP contribution in [0.3, 0.4) is 0 Å². The third kappa shape index (κ3) is 2.73. The summed E-state index contributed by atoms with van der Waals surface area (Å²) < 4.78 is 5.39. The summed E-state index contributed by atoms with van der Waals surface area (Å²) in [4.78, 5) is 1.46. The van der Waals surface area contributed by atoms with E-state index in [1.165, 1.54) is 4.80 Å². The highest BCUT2D eigenvalue weighted by molar-refractivity contribution is 4.95. The molecule has 0 aromatic carbocycles. The maximum Gasteiger partial charge on any atom is 0.176 e. The topological polar surface area (TPSA) is 78.9 Å². The summed E-state index contributed by atoms with van der Waals surface area (Å²) in [6, 6.07) is 0. The molecule has 2 heterocycles. The van der Waals surface area contributed by atoms with Crippen molar-refractivity contribution in [1.29, 1.82) is 0 Å². The van der Waals surface area contributed by atoms with Gasteiger partial charge in [-0.25, -0.2) is 0 Å². The largest absolute Gasteiger partial charge is 0.381 e. The van der Waals surface area contributed by atoms with E-state index in [0.717, 1.165) is 38.3 Å². The van der Waals surface area contributed by atoms with Gasteiger partial charge in [0.25, 0.3) is 0 Å². The lowest BCUT2D eigenvalue weighted by Crippen LogP contribution is -2.42. The van der Waals surface area contributed by atoms with Gasteiger partial charge in [0.1, 0.15) is 0 Å². The molecule has 1 aromatic rings. The fraction of sp³-hybridized carbons (Fsp3) is 0.889. The number of nitrogens with two attached hydrogens (primary N) is 1. The lowest BCUT2D eigenvalue weighted by Gasteiger charge is -2.25. The number of ether oxygens (including phenoxy) is 1. The van der Waals surface area contributed by atoms with Crippen molar-refractivity contribution in [2.24, 2.45) is 12.8 Å². The Balaban J connectivity index is 2.02. The summed E-state index contributed by atoms with van der Waals surface area (Å²) >= 11 is 0. The normalized spacial score (nSPS) is 27.6. The maximum absolute atomic E-state index is 6.30. The van der Waals surface area contributed by atoms with Gasteiger partial charge in [0.05, 0.1) is 7.05 Å². The summed E-state index contributed by atoms with van der Waals surface area (Å²) in [5.41, 5.74) is 6.08. The van der Waals surface area contributed by atoms with Crippen LogP contribution in [0.4, 0.5) is 0 Å². The SMILES string of the molecule is Cn1nnc(CC2(N)CCCOCC2)n1. The van der Waals surface area contributed by atoms with Crippen molar-refractivity contribution < 1.29 is 4.74 Å². The van der Waals surface area contributed by atoms with E-state index in [1.807, 2.05) is 0 Å². The third-order valence-corrected chi connectivity index (χ3v) is 2.77. The fourth-order valence-electron chi connectivity index (χ4n) is 1.91. The summed E-state index contributed by atoms with van der Waals surface area (Å²) in [5.74, 6) is 0.724. The van der Waals surface area contributed by atoms with Crippen molar-refractivity contribution in [2.75, 3.05) is 13.2 Å². The molecule has 6 nitrogen and oxygen atoms in total. The van der Waals surface area contributed by atoms with Crippen LogP contribution in [0, 0.1) is 0 Å². The molecule has 2 N–H and O–H groups in total. The van der Waals surface area contributed by atoms with E-state index in [1.54, 1.807) is 7.05 Å². The monoisotopic (exact) mass is 211 g/mol. The number of tetrazole rings is 1. The number of aryl methyl sites for hydroxylation is 1. The van der Waals surface area contributed by atoms with E-state index >= 15 is 0 Å². The van der Waals surface area contributed by atoms with Gasteiger partial charge in [-0.1, -0.05) is 0 Å². The van der Waals surface area contributed by atoms with Gasteiger partial charge in [-0.2, -0.15) is 4.80 Å². The van der Waals surface area contributed by atoms with Crippen molar-refractivity contribution in [3.63, 3.8) is 0 Å². The minimum Gasteiger partial charge on any atom is -0.381 e. The Morgan fingerprint density at radius 1 is 1.47 bits per heavy atom. The Morgan fingerprint density at radius 2 is 2.33 bits per heavy atom. The van der Waals surface area contributed by atoms with Gasteiger partial charge < -0.3 is 10.5 Å². The van der Waals surface area contributed by atoms with Crippen LogP contribution in [-0.4, -0.2) is 39.0 Å². The highest BCUT2D eigenvalue weighted by atomic mass is 16.5. The van der Waals surface area contributed by atoms with E-state index in [4.69, 9.17) is 10.5 Å². The number of aromatic nitrogens is 4. The second kappa shape index (κ2) is 4.24. The molecule has 1 unspecified atom stereocenters. The Bertz CT molecular complexity index is 316. The first-order valence-electron chi connectivity index (χ1n) is 5.27. The van der Waals surface area contributed by atoms with Gasteiger partial charge in [-0.05, 0) is 24.5 Å². The molecule has 0 amide bonds.